The number of hydrogen-bond acceptors (Lipinski definition) is 4. The predicted octanol–water partition coefficient (Wildman–Crippen LogP) is 2.06. The van der Waals surface area contributed by atoms with Crippen LogP contribution in [-0.2, 0) is 19.6 Å². The third-order valence-corrected chi connectivity index (χ3v) is 6.34. The molecule has 0 spiro atoms. The fourth-order valence-electron chi connectivity index (χ4n) is 3.03. The second-order valence-corrected chi connectivity index (χ2v) is 8.92. The van der Waals surface area contributed by atoms with Crippen LogP contribution in [0.15, 0.2) is 0 Å². The van der Waals surface area contributed by atoms with Crippen LogP contribution in [0.1, 0.15) is 59.3 Å². The number of sulfonamides is 1. The molecule has 0 aromatic rings. The molecule has 0 aromatic carbocycles. The van der Waals surface area contributed by atoms with Crippen LogP contribution in [0.5, 0.6) is 0 Å². The predicted molar refractivity (Wildman–Crippen MR) is 76.7 cm³/mol. The number of ether oxygens (including phenoxy) is 1. The zero-order valence-corrected chi connectivity index (χ0v) is 13.4. The molecule has 1 atom stereocenters. The molecule has 5 nitrogen and oxygen atoms in total. The van der Waals surface area contributed by atoms with E-state index < -0.39 is 27.6 Å². The minimum Gasteiger partial charge on any atom is -0.459 e. The van der Waals surface area contributed by atoms with Gasteiger partial charge in [-0.05, 0) is 46.5 Å². The number of hydrogen-bond donors (Lipinski definition) is 0. The summed E-state index contributed by atoms with van der Waals surface area (Å²) >= 11 is 0. The van der Waals surface area contributed by atoms with Crippen LogP contribution in [0.25, 0.3) is 0 Å². The molecule has 6 heteroatoms. The molecule has 0 radical (unpaired) electrons. The van der Waals surface area contributed by atoms with Gasteiger partial charge in [-0.15, -0.1) is 0 Å². The highest BCUT2D eigenvalue weighted by atomic mass is 32.2. The molecule has 116 valence electrons. The minimum absolute atomic E-state index is 0.300. The SMILES string of the molecule is CC(C)(C)OC(=O)[C@H]1CCCN1S(=O)(=O)C1CCCC1. The number of rotatable bonds is 3. The van der Waals surface area contributed by atoms with Crippen LogP contribution in [0.4, 0.5) is 0 Å². The molecule has 0 aromatic heterocycles. The molecule has 20 heavy (non-hydrogen) atoms. The van der Waals surface area contributed by atoms with Gasteiger partial charge in [-0.3, -0.25) is 4.79 Å². The van der Waals surface area contributed by atoms with Gasteiger partial charge in [0.15, 0.2) is 0 Å². The highest BCUT2D eigenvalue weighted by molar-refractivity contribution is 7.89. The Labute approximate surface area is 121 Å². The Morgan fingerprint density at radius 2 is 1.70 bits per heavy atom. The lowest BCUT2D eigenvalue weighted by atomic mass is 10.2. The summed E-state index contributed by atoms with van der Waals surface area (Å²) in [7, 11) is -3.36. The van der Waals surface area contributed by atoms with Crippen molar-refractivity contribution in [3.8, 4) is 0 Å². The van der Waals surface area contributed by atoms with Gasteiger partial charge in [-0.2, -0.15) is 4.31 Å². The van der Waals surface area contributed by atoms with Crippen molar-refractivity contribution >= 4 is 16.0 Å². The van der Waals surface area contributed by atoms with Crippen LogP contribution < -0.4 is 0 Å². The first-order chi connectivity index (χ1) is 9.22. The van der Waals surface area contributed by atoms with Gasteiger partial charge < -0.3 is 4.74 Å². The number of carbonyl (C=O) groups is 1. The molecular formula is C14H25NO4S. The average molecular weight is 303 g/mol. The van der Waals surface area contributed by atoms with E-state index in [-0.39, 0.29) is 5.25 Å². The van der Waals surface area contributed by atoms with Gasteiger partial charge in [0.05, 0.1) is 5.25 Å². The maximum Gasteiger partial charge on any atom is 0.324 e. The summed E-state index contributed by atoms with van der Waals surface area (Å²) in [4.78, 5) is 12.2. The fourth-order valence-corrected chi connectivity index (χ4v) is 5.27. The lowest BCUT2D eigenvalue weighted by molar-refractivity contribution is -0.158. The molecule has 1 saturated carbocycles. The lowest BCUT2D eigenvalue weighted by Crippen LogP contribution is -2.46. The molecule has 0 unspecified atom stereocenters. The number of carbonyl (C=O) groups excluding carboxylic acids is 1. The van der Waals surface area contributed by atoms with Gasteiger partial charge in [0.25, 0.3) is 0 Å². The van der Waals surface area contributed by atoms with E-state index in [0.717, 1.165) is 32.1 Å². The Morgan fingerprint density at radius 3 is 2.25 bits per heavy atom. The summed E-state index contributed by atoms with van der Waals surface area (Å²) in [6.45, 7) is 5.85. The van der Waals surface area contributed by atoms with Crippen molar-refractivity contribution in [2.75, 3.05) is 6.54 Å². The largest absolute Gasteiger partial charge is 0.459 e. The smallest absolute Gasteiger partial charge is 0.324 e. The molecule has 1 saturated heterocycles. The van der Waals surface area contributed by atoms with Gasteiger partial charge in [0.2, 0.25) is 10.0 Å². The quantitative estimate of drug-likeness (QED) is 0.749. The van der Waals surface area contributed by atoms with Crippen molar-refractivity contribution in [1.29, 1.82) is 0 Å². The van der Waals surface area contributed by atoms with Crippen molar-refractivity contribution < 1.29 is 17.9 Å². The Morgan fingerprint density at radius 1 is 1.10 bits per heavy atom. The molecule has 2 rings (SSSR count). The molecule has 1 aliphatic heterocycles. The molecule has 0 bridgehead atoms. The van der Waals surface area contributed by atoms with Crippen molar-refractivity contribution in [3.63, 3.8) is 0 Å². The van der Waals surface area contributed by atoms with Crippen LogP contribution in [0.2, 0.25) is 0 Å². The highest BCUT2D eigenvalue weighted by Crippen LogP contribution is 2.32. The average Bonchev–Trinajstić information content (AvgIpc) is 2.99. The van der Waals surface area contributed by atoms with Gasteiger partial charge >= 0.3 is 5.97 Å². The molecule has 0 N–H and O–H groups in total. The van der Waals surface area contributed by atoms with Gasteiger partial charge in [-0.1, -0.05) is 12.8 Å². The summed E-state index contributed by atoms with van der Waals surface area (Å²) in [5, 5.41) is -0.300. The molecular weight excluding hydrogens is 278 g/mol. The fraction of sp³-hybridized carbons (Fsp3) is 0.929. The normalized spacial score (nSPS) is 26.1. The molecule has 0 amide bonds. The first kappa shape index (κ1) is 15.8. The number of esters is 1. The first-order valence-electron chi connectivity index (χ1n) is 7.45. The second-order valence-electron chi connectivity index (χ2n) is 6.75. The van der Waals surface area contributed by atoms with Crippen LogP contribution in [0.3, 0.4) is 0 Å². The lowest BCUT2D eigenvalue weighted by Gasteiger charge is -2.28. The van der Waals surface area contributed by atoms with Crippen LogP contribution in [-0.4, -0.2) is 42.1 Å². The van der Waals surface area contributed by atoms with E-state index in [1.54, 1.807) is 20.8 Å². The Kier molecular flexibility index (Phi) is 4.44. The van der Waals surface area contributed by atoms with E-state index in [1.807, 2.05) is 0 Å². The first-order valence-corrected chi connectivity index (χ1v) is 8.96. The minimum atomic E-state index is -3.36. The highest BCUT2D eigenvalue weighted by Gasteiger charge is 2.44. The van der Waals surface area contributed by atoms with E-state index in [4.69, 9.17) is 4.74 Å². The third kappa shape index (κ3) is 3.34. The Hall–Kier alpha value is -0.620. The van der Waals surface area contributed by atoms with E-state index in [9.17, 15) is 13.2 Å². The van der Waals surface area contributed by atoms with E-state index >= 15 is 0 Å². The Balaban J connectivity index is 2.12. The van der Waals surface area contributed by atoms with Crippen LogP contribution >= 0.6 is 0 Å². The van der Waals surface area contributed by atoms with Gasteiger partial charge in [-0.25, -0.2) is 8.42 Å². The Bertz CT molecular complexity index is 460. The van der Waals surface area contributed by atoms with Crippen LogP contribution in [0, 0.1) is 0 Å². The summed E-state index contributed by atoms with van der Waals surface area (Å²) in [5.41, 5.74) is -0.581. The van der Waals surface area contributed by atoms with Crippen molar-refractivity contribution in [2.45, 2.75) is 76.2 Å². The third-order valence-electron chi connectivity index (χ3n) is 3.93. The maximum atomic E-state index is 12.6. The summed E-state index contributed by atoms with van der Waals surface area (Å²) in [6, 6.07) is -0.625. The molecule has 2 fully saturated rings. The second kappa shape index (κ2) is 5.64. The summed E-state index contributed by atoms with van der Waals surface area (Å²) in [5.74, 6) is -0.406. The molecule has 1 heterocycles. The zero-order chi connectivity index (χ0) is 15.0. The standard InChI is InChI=1S/C14H25NO4S/c1-14(2,3)19-13(16)12-9-6-10-15(12)20(17,18)11-7-4-5-8-11/h11-12H,4-10H2,1-3H3/t12-/m1/s1. The van der Waals surface area contributed by atoms with Crippen molar-refractivity contribution in [3.05, 3.63) is 0 Å². The van der Waals surface area contributed by atoms with E-state index in [1.165, 1.54) is 4.31 Å². The zero-order valence-electron chi connectivity index (χ0n) is 12.6. The van der Waals surface area contributed by atoms with Crippen molar-refractivity contribution in [2.24, 2.45) is 0 Å². The molecule has 2 aliphatic rings. The van der Waals surface area contributed by atoms with Gasteiger partial charge in [0.1, 0.15) is 11.6 Å². The monoisotopic (exact) mass is 303 g/mol. The van der Waals surface area contributed by atoms with Crippen molar-refractivity contribution in [1.82, 2.24) is 4.31 Å². The summed E-state index contributed by atoms with van der Waals surface area (Å²) < 4.78 is 32.0. The number of nitrogens with zero attached hydrogens (tertiary/aromatic N) is 1. The summed E-state index contributed by atoms with van der Waals surface area (Å²) in [6.07, 6.45) is 4.68. The topological polar surface area (TPSA) is 63.7 Å². The molecule has 1 aliphatic carbocycles. The van der Waals surface area contributed by atoms with E-state index in [2.05, 4.69) is 0 Å². The van der Waals surface area contributed by atoms with Gasteiger partial charge in [0, 0.05) is 6.54 Å². The maximum absolute atomic E-state index is 12.6. The van der Waals surface area contributed by atoms with E-state index in [0.29, 0.717) is 13.0 Å².